The van der Waals surface area contributed by atoms with Crippen molar-refractivity contribution in [3.05, 3.63) is 58.2 Å². The lowest BCUT2D eigenvalue weighted by molar-refractivity contribution is 0.101. The van der Waals surface area contributed by atoms with Gasteiger partial charge in [0.05, 0.1) is 23.2 Å². The van der Waals surface area contributed by atoms with Gasteiger partial charge >= 0.3 is 0 Å². The Morgan fingerprint density at radius 2 is 2.12 bits per heavy atom. The number of rotatable bonds is 4. The van der Waals surface area contributed by atoms with E-state index in [9.17, 15) is 4.79 Å². The predicted molar refractivity (Wildman–Crippen MR) is 95.0 cm³/mol. The highest BCUT2D eigenvalue weighted by molar-refractivity contribution is 7.09. The van der Waals surface area contributed by atoms with Crippen molar-refractivity contribution in [3.8, 4) is 17.3 Å². The van der Waals surface area contributed by atoms with Crippen molar-refractivity contribution in [1.29, 1.82) is 5.26 Å². The third kappa shape index (κ3) is 3.36. The fourth-order valence-corrected chi connectivity index (χ4v) is 3.04. The summed E-state index contributed by atoms with van der Waals surface area (Å²) in [5.41, 5.74) is 4.01. The van der Waals surface area contributed by atoms with Gasteiger partial charge in [0.2, 0.25) is 0 Å². The van der Waals surface area contributed by atoms with E-state index in [4.69, 9.17) is 5.26 Å². The summed E-state index contributed by atoms with van der Waals surface area (Å²) >= 11 is 1.59. The lowest BCUT2D eigenvalue weighted by Gasteiger charge is -2.06. The number of benzene rings is 1. The molecule has 3 rings (SSSR count). The molecule has 120 valence electrons. The summed E-state index contributed by atoms with van der Waals surface area (Å²) in [5.74, 6) is -0.177. The highest BCUT2D eigenvalue weighted by Gasteiger charge is 2.14. The zero-order valence-corrected chi connectivity index (χ0v) is 14.2. The minimum atomic E-state index is -0.177. The number of nitriles is 1. The van der Waals surface area contributed by atoms with E-state index in [1.165, 1.54) is 0 Å². The molecule has 0 unspecified atom stereocenters. The van der Waals surface area contributed by atoms with Gasteiger partial charge in [-0.1, -0.05) is 12.1 Å². The van der Waals surface area contributed by atoms with Crippen LogP contribution in [0.3, 0.4) is 0 Å². The number of aromatic nitrogens is 2. The number of nitrogens with zero attached hydrogens (tertiary/aromatic N) is 3. The maximum Gasteiger partial charge on any atom is 0.272 e. The van der Waals surface area contributed by atoms with Gasteiger partial charge in [-0.15, -0.1) is 11.3 Å². The van der Waals surface area contributed by atoms with Crippen LogP contribution in [0.2, 0.25) is 0 Å². The summed E-state index contributed by atoms with van der Waals surface area (Å²) in [5, 5.41) is 14.5. The van der Waals surface area contributed by atoms with Crippen molar-refractivity contribution < 1.29 is 4.79 Å². The minimum Gasteiger partial charge on any atom is -0.346 e. The maximum atomic E-state index is 12.5. The number of carbonyl (C=O) groups is 1. The molecule has 2 aromatic heterocycles. The van der Waals surface area contributed by atoms with E-state index in [1.807, 2.05) is 43.7 Å². The molecule has 0 spiro atoms. The molecule has 6 heteroatoms. The van der Waals surface area contributed by atoms with E-state index in [2.05, 4.69) is 16.4 Å². The molecule has 0 aliphatic rings. The minimum absolute atomic E-state index is 0.177. The first-order valence-corrected chi connectivity index (χ1v) is 8.31. The van der Waals surface area contributed by atoms with E-state index in [0.29, 0.717) is 17.8 Å². The Morgan fingerprint density at radius 1 is 1.38 bits per heavy atom. The topological polar surface area (TPSA) is 70.7 Å². The molecular weight excluding hydrogens is 320 g/mol. The molecule has 0 saturated heterocycles. The van der Waals surface area contributed by atoms with Crippen LogP contribution in [0.25, 0.3) is 11.3 Å². The Labute approximate surface area is 144 Å². The Hall–Kier alpha value is -2.91. The molecule has 0 radical (unpaired) electrons. The SMILES string of the molecule is Cc1nc(-c2cc(C(=O)Nc3ccc(CC#N)cc3)n(C)c2)cs1. The van der Waals surface area contributed by atoms with Gasteiger partial charge in [0.25, 0.3) is 5.91 Å². The summed E-state index contributed by atoms with van der Waals surface area (Å²) in [4.78, 5) is 16.9. The molecule has 0 fully saturated rings. The standard InChI is InChI=1S/C18H16N4OS/c1-12-20-16(11-24-12)14-9-17(22(2)10-14)18(23)21-15-5-3-13(4-6-15)7-8-19/h3-6,9-11H,7H2,1-2H3,(H,21,23). The number of thiazole rings is 1. The zero-order valence-electron chi connectivity index (χ0n) is 13.4. The van der Waals surface area contributed by atoms with E-state index in [0.717, 1.165) is 21.8 Å². The first-order chi connectivity index (χ1) is 11.6. The van der Waals surface area contributed by atoms with Crippen molar-refractivity contribution in [3.63, 3.8) is 0 Å². The molecule has 0 aliphatic carbocycles. The third-order valence-electron chi connectivity index (χ3n) is 3.65. The van der Waals surface area contributed by atoms with Crippen molar-refractivity contribution in [2.75, 3.05) is 5.32 Å². The highest BCUT2D eigenvalue weighted by Crippen LogP contribution is 2.24. The summed E-state index contributed by atoms with van der Waals surface area (Å²) in [6.45, 7) is 1.96. The Kier molecular flexibility index (Phi) is 4.45. The summed E-state index contributed by atoms with van der Waals surface area (Å²) < 4.78 is 1.80. The summed E-state index contributed by atoms with van der Waals surface area (Å²) in [7, 11) is 1.84. The normalized spacial score (nSPS) is 10.4. The van der Waals surface area contributed by atoms with Crippen LogP contribution in [0.5, 0.6) is 0 Å². The number of amides is 1. The number of hydrogen-bond donors (Lipinski definition) is 1. The molecule has 1 amide bonds. The van der Waals surface area contributed by atoms with Gasteiger partial charge in [0.1, 0.15) is 5.69 Å². The van der Waals surface area contributed by atoms with E-state index < -0.39 is 0 Å². The van der Waals surface area contributed by atoms with Crippen molar-refractivity contribution in [2.24, 2.45) is 7.05 Å². The number of carbonyl (C=O) groups excluding carboxylic acids is 1. The van der Waals surface area contributed by atoms with Gasteiger partial charge in [-0.3, -0.25) is 4.79 Å². The molecule has 5 nitrogen and oxygen atoms in total. The van der Waals surface area contributed by atoms with Crippen LogP contribution in [-0.4, -0.2) is 15.5 Å². The molecule has 2 heterocycles. The second kappa shape index (κ2) is 6.69. The molecule has 24 heavy (non-hydrogen) atoms. The molecule has 0 aliphatic heterocycles. The van der Waals surface area contributed by atoms with Crippen LogP contribution >= 0.6 is 11.3 Å². The molecule has 0 atom stereocenters. The third-order valence-corrected chi connectivity index (χ3v) is 4.42. The average Bonchev–Trinajstić information content (AvgIpc) is 3.15. The molecule has 1 aromatic carbocycles. The van der Waals surface area contributed by atoms with Crippen LogP contribution in [-0.2, 0) is 13.5 Å². The van der Waals surface area contributed by atoms with Crippen LogP contribution in [0.1, 0.15) is 21.1 Å². The van der Waals surface area contributed by atoms with Gasteiger partial charge in [0, 0.05) is 29.9 Å². The Balaban J connectivity index is 1.78. The molecule has 1 N–H and O–H groups in total. The van der Waals surface area contributed by atoms with E-state index >= 15 is 0 Å². The predicted octanol–water partition coefficient (Wildman–Crippen LogP) is 3.78. The molecule has 3 aromatic rings. The largest absolute Gasteiger partial charge is 0.346 e. The van der Waals surface area contributed by atoms with Crippen molar-refractivity contribution >= 4 is 22.9 Å². The lowest BCUT2D eigenvalue weighted by atomic mass is 10.1. The first-order valence-electron chi connectivity index (χ1n) is 7.43. The second-order valence-corrected chi connectivity index (χ2v) is 6.52. The van der Waals surface area contributed by atoms with Gasteiger partial charge in [-0.25, -0.2) is 4.98 Å². The Morgan fingerprint density at radius 3 is 2.75 bits per heavy atom. The lowest BCUT2D eigenvalue weighted by Crippen LogP contribution is -2.15. The average molecular weight is 336 g/mol. The quantitative estimate of drug-likeness (QED) is 0.788. The fraction of sp³-hybridized carbons (Fsp3) is 0.167. The van der Waals surface area contributed by atoms with Crippen molar-refractivity contribution in [2.45, 2.75) is 13.3 Å². The van der Waals surface area contributed by atoms with Gasteiger partial charge in [-0.2, -0.15) is 5.26 Å². The van der Waals surface area contributed by atoms with Crippen LogP contribution in [0, 0.1) is 18.3 Å². The highest BCUT2D eigenvalue weighted by atomic mass is 32.1. The number of anilines is 1. The first kappa shape index (κ1) is 16.0. The maximum absolute atomic E-state index is 12.5. The van der Waals surface area contributed by atoms with Gasteiger partial charge in [0.15, 0.2) is 0 Å². The smallest absolute Gasteiger partial charge is 0.272 e. The molecule has 0 saturated carbocycles. The van der Waals surface area contributed by atoms with Crippen LogP contribution < -0.4 is 5.32 Å². The van der Waals surface area contributed by atoms with Crippen LogP contribution in [0.15, 0.2) is 41.9 Å². The summed E-state index contributed by atoms with van der Waals surface area (Å²) in [6.07, 6.45) is 2.27. The molecule has 0 bridgehead atoms. The van der Waals surface area contributed by atoms with Gasteiger partial charge in [-0.05, 0) is 30.7 Å². The number of hydrogen-bond acceptors (Lipinski definition) is 4. The van der Waals surface area contributed by atoms with E-state index in [1.54, 1.807) is 28.0 Å². The fourth-order valence-electron chi connectivity index (χ4n) is 2.42. The van der Waals surface area contributed by atoms with Gasteiger partial charge < -0.3 is 9.88 Å². The monoisotopic (exact) mass is 336 g/mol. The molecular formula is C18H16N4OS. The van der Waals surface area contributed by atoms with Crippen LogP contribution in [0.4, 0.5) is 5.69 Å². The zero-order chi connectivity index (χ0) is 17.1. The van der Waals surface area contributed by atoms with E-state index in [-0.39, 0.29) is 5.91 Å². The Bertz CT molecular complexity index is 915. The number of nitrogens with one attached hydrogen (secondary N) is 1. The number of aryl methyl sites for hydroxylation is 2. The summed E-state index contributed by atoms with van der Waals surface area (Å²) in [6, 6.07) is 11.2. The second-order valence-electron chi connectivity index (χ2n) is 5.46. The van der Waals surface area contributed by atoms with Crippen molar-refractivity contribution in [1.82, 2.24) is 9.55 Å².